The lowest BCUT2D eigenvalue weighted by molar-refractivity contribution is 0.166. The fourth-order valence-electron chi connectivity index (χ4n) is 2.54. The van der Waals surface area contributed by atoms with Crippen LogP contribution in [-0.4, -0.2) is 35.2 Å². The van der Waals surface area contributed by atoms with E-state index in [0.29, 0.717) is 0 Å². The highest BCUT2D eigenvalue weighted by atomic mass is 16.3. The molecule has 0 radical (unpaired) electrons. The lowest BCUT2D eigenvalue weighted by Gasteiger charge is -2.24. The first-order chi connectivity index (χ1) is 9.41. The number of aliphatic hydroxyl groups is 1. The number of carbonyl (C=O) groups excluding carboxylic acids is 1. The molecule has 20 heavy (non-hydrogen) atoms. The SMILES string of the molecule is CC(C)(C)c1ccc(NC(=O)N2CCC[C@@H]2CO)cc1. The molecule has 0 aliphatic carbocycles. The maximum absolute atomic E-state index is 12.2. The molecule has 1 fully saturated rings. The zero-order chi connectivity index (χ0) is 14.8. The summed E-state index contributed by atoms with van der Waals surface area (Å²) in [5.41, 5.74) is 2.15. The van der Waals surface area contributed by atoms with E-state index in [1.165, 1.54) is 5.56 Å². The molecule has 2 amide bonds. The summed E-state index contributed by atoms with van der Waals surface area (Å²) in [6.45, 7) is 7.25. The highest BCUT2D eigenvalue weighted by Crippen LogP contribution is 2.24. The van der Waals surface area contributed by atoms with Crippen LogP contribution < -0.4 is 5.32 Å². The number of urea groups is 1. The van der Waals surface area contributed by atoms with Crippen LogP contribution in [0.5, 0.6) is 0 Å². The van der Waals surface area contributed by atoms with E-state index in [0.717, 1.165) is 25.1 Å². The summed E-state index contributed by atoms with van der Waals surface area (Å²) in [6.07, 6.45) is 1.84. The van der Waals surface area contributed by atoms with Crippen molar-refractivity contribution in [3.63, 3.8) is 0 Å². The summed E-state index contributed by atoms with van der Waals surface area (Å²) in [7, 11) is 0. The van der Waals surface area contributed by atoms with E-state index < -0.39 is 0 Å². The van der Waals surface area contributed by atoms with Gasteiger partial charge in [0, 0.05) is 12.2 Å². The Bertz CT molecular complexity index is 462. The standard InChI is InChI=1S/C16H24N2O2/c1-16(2,3)12-6-8-13(9-7-12)17-15(20)18-10-4-5-14(18)11-19/h6-9,14,19H,4-5,10-11H2,1-3H3,(H,17,20)/t14-/m1/s1. The first kappa shape index (κ1) is 14.9. The molecule has 2 N–H and O–H groups in total. The molecule has 2 rings (SSSR count). The van der Waals surface area contributed by atoms with Crippen molar-refractivity contribution in [2.45, 2.75) is 45.1 Å². The summed E-state index contributed by atoms with van der Waals surface area (Å²) in [5, 5.41) is 12.2. The Hall–Kier alpha value is -1.55. The van der Waals surface area contributed by atoms with Crippen molar-refractivity contribution in [2.75, 3.05) is 18.5 Å². The van der Waals surface area contributed by atoms with Crippen molar-refractivity contribution in [1.82, 2.24) is 4.90 Å². The summed E-state index contributed by atoms with van der Waals surface area (Å²) in [6, 6.07) is 7.80. The molecule has 1 saturated heterocycles. The Balaban J connectivity index is 2.01. The molecule has 1 aromatic rings. The Morgan fingerprint density at radius 2 is 2.00 bits per heavy atom. The maximum Gasteiger partial charge on any atom is 0.322 e. The molecule has 1 atom stereocenters. The molecule has 0 saturated carbocycles. The van der Waals surface area contributed by atoms with E-state index >= 15 is 0 Å². The van der Waals surface area contributed by atoms with Gasteiger partial charge in [0.25, 0.3) is 0 Å². The number of anilines is 1. The van der Waals surface area contributed by atoms with Crippen LogP contribution in [0.15, 0.2) is 24.3 Å². The number of nitrogens with one attached hydrogen (secondary N) is 1. The van der Waals surface area contributed by atoms with Gasteiger partial charge in [-0.2, -0.15) is 0 Å². The minimum atomic E-state index is -0.120. The lowest BCUT2D eigenvalue weighted by Crippen LogP contribution is -2.40. The largest absolute Gasteiger partial charge is 0.394 e. The quantitative estimate of drug-likeness (QED) is 0.872. The van der Waals surface area contributed by atoms with Crippen LogP contribution in [0.25, 0.3) is 0 Å². The van der Waals surface area contributed by atoms with E-state index in [1.807, 2.05) is 24.3 Å². The molecule has 0 unspecified atom stereocenters. The Morgan fingerprint density at radius 1 is 1.35 bits per heavy atom. The minimum Gasteiger partial charge on any atom is -0.394 e. The van der Waals surface area contributed by atoms with Gasteiger partial charge in [-0.15, -0.1) is 0 Å². The van der Waals surface area contributed by atoms with Gasteiger partial charge in [0.1, 0.15) is 0 Å². The summed E-state index contributed by atoms with van der Waals surface area (Å²) >= 11 is 0. The third-order valence-electron chi connectivity index (χ3n) is 3.85. The van der Waals surface area contributed by atoms with Crippen LogP contribution >= 0.6 is 0 Å². The predicted octanol–water partition coefficient (Wildman–Crippen LogP) is 2.97. The van der Waals surface area contributed by atoms with Crippen LogP contribution in [0.2, 0.25) is 0 Å². The van der Waals surface area contributed by atoms with Crippen LogP contribution in [0.4, 0.5) is 10.5 Å². The summed E-state index contributed by atoms with van der Waals surface area (Å²) in [5.74, 6) is 0. The summed E-state index contributed by atoms with van der Waals surface area (Å²) in [4.78, 5) is 13.9. The Kier molecular flexibility index (Phi) is 4.33. The number of likely N-dealkylation sites (tertiary alicyclic amines) is 1. The molecule has 1 aromatic carbocycles. The fraction of sp³-hybridized carbons (Fsp3) is 0.562. The van der Waals surface area contributed by atoms with E-state index in [-0.39, 0.29) is 24.1 Å². The van der Waals surface area contributed by atoms with Gasteiger partial charge in [-0.3, -0.25) is 0 Å². The van der Waals surface area contributed by atoms with Crippen molar-refractivity contribution in [2.24, 2.45) is 0 Å². The second kappa shape index (κ2) is 5.83. The molecular weight excluding hydrogens is 252 g/mol. The Morgan fingerprint density at radius 3 is 2.55 bits per heavy atom. The molecule has 1 aliphatic rings. The number of aliphatic hydroxyl groups excluding tert-OH is 1. The van der Waals surface area contributed by atoms with Gasteiger partial charge in [-0.05, 0) is 36.0 Å². The number of hydrogen-bond donors (Lipinski definition) is 2. The molecule has 0 aromatic heterocycles. The average molecular weight is 276 g/mol. The van der Waals surface area contributed by atoms with Crippen molar-refractivity contribution < 1.29 is 9.90 Å². The van der Waals surface area contributed by atoms with Gasteiger partial charge in [0.2, 0.25) is 0 Å². The molecule has 4 heteroatoms. The first-order valence-corrected chi connectivity index (χ1v) is 7.21. The molecule has 1 aliphatic heterocycles. The van der Waals surface area contributed by atoms with Crippen LogP contribution in [0.3, 0.4) is 0 Å². The second-order valence-corrected chi connectivity index (χ2v) is 6.43. The minimum absolute atomic E-state index is 0.0381. The molecule has 0 spiro atoms. The lowest BCUT2D eigenvalue weighted by atomic mass is 9.87. The zero-order valence-electron chi connectivity index (χ0n) is 12.5. The van der Waals surface area contributed by atoms with Crippen molar-refractivity contribution in [1.29, 1.82) is 0 Å². The van der Waals surface area contributed by atoms with Gasteiger partial charge >= 0.3 is 6.03 Å². The van der Waals surface area contributed by atoms with Gasteiger partial charge in [0.15, 0.2) is 0 Å². The van der Waals surface area contributed by atoms with Crippen molar-refractivity contribution in [3.8, 4) is 0 Å². The van der Waals surface area contributed by atoms with Crippen LogP contribution in [0.1, 0.15) is 39.2 Å². The first-order valence-electron chi connectivity index (χ1n) is 7.21. The van der Waals surface area contributed by atoms with Gasteiger partial charge in [-0.25, -0.2) is 4.79 Å². The topological polar surface area (TPSA) is 52.6 Å². The third kappa shape index (κ3) is 3.31. The molecule has 110 valence electrons. The van der Waals surface area contributed by atoms with Gasteiger partial charge < -0.3 is 15.3 Å². The van der Waals surface area contributed by atoms with E-state index in [4.69, 9.17) is 0 Å². The normalized spacial score (nSPS) is 19.2. The fourth-order valence-corrected chi connectivity index (χ4v) is 2.54. The van der Waals surface area contributed by atoms with Crippen LogP contribution in [-0.2, 0) is 5.41 Å². The highest BCUT2D eigenvalue weighted by Gasteiger charge is 2.28. The molecule has 4 nitrogen and oxygen atoms in total. The van der Waals surface area contributed by atoms with E-state index in [9.17, 15) is 9.90 Å². The number of amides is 2. The van der Waals surface area contributed by atoms with Gasteiger partial charge in [-0.1, -0.05) is 32.9 Å². The number of nitrogens with zero attached hydrogens (tertiary/aromatic N) is 1. The number of hydrogen-bond acceptors (Lipinski definition) is 2. The Labute approximate surface area is 120 Å². The van der Waals surface area contributed by atoms with E-state index in [1.54, 1.807) is 4.90 Å². The number of benzene rings is 1. The highest BCUT2D eigenvalue weighted by molar-refractivity contribution is 5.89. The monoisotopic (exact) mass is 276 g/mol. The van der Waals surface area contributed by atoms with Crippen LogP contribution in [0, 0.1) is 0 Å². The van der Waals surface area contributed by atoms with Crippen molar-refractivity contribution in [3.05, 3.63) is 29.8 Å². The smallest absolute Gasteiger partial charge is 0.322 e. The molecular formula is C16H24N2O2. The molecule has 0 bridgehead atoms. The average Bonchev–Trinajstić information content (AvgIpc) is 2.86. The summed E-state index contributed by atoms with van der Waals surface area (Å²) < 4.78 is 0. The maximum atomic E-state index is 12.2. The third-order valence-corrected chi connectivity index (χ3v) is 3.85. The van der Waals surface area contributed by atoms with Gasteiger partial charge in [0.05, 0.1) is 12.6 Å². The predicted molar refractivity (Wildman–Crippen MR) is 81.0 cm³/mol. The second-order valence-electron chi connectivity index (χ2n) is 6.43. The number of carbonyl (C=O) groups is 1. The zero-order valence-corrected chi connectivity index (χ0v) is 12.5. The number of rotatable bonds is 2. The molecule has 1 heterocycles. The van der Waals surface area contributed by atoms with E-state index in [2.05, 4.69) is 26.1 Å². The van der Waals surface area contributed by atoms with Crippen molar-refractivity contribution >= 4 is 11.7 Å².